The lowest BCUT2D eigenvalue weighted by atomic mass is 9.96. The van der Waals surface area contributed by atoms with Crippen molar-refractivity contribution in [2.75, 3.05) is 0 Å². The number of carbonyl (C=O) groups is 1. The Labute approximate surface area is 113 Å². The van der Waals surface area contributed by atoms with Gasteiger partial charge in [0.15, 0.2) is 11.6 Å². The first-order valence-electron chi connectivity index (χ1n) is 5.90. The minimum Gasteiger partial charge on any atom is -0.294 e. The molecule has 0 saturated heterocycles. The average Bonchev–Trinajstić information content (AvgIpc) is 2.39. The smallest absolute Gasteiger partial charge is 0.166 e. The molecule has 0 bridgehead atoms. The van der Waals surface area contributed by atoms with Gasteiger partial charge in [0.1, 0.15) is 0 Å². The van der Waals surface area contributed by atoms with Crippen molar-refractivity contribution >= 4 is 21.7 Å². The number of halogens is 1. The van der Waals surface area contributed by atoms with Crippen LogP contribution in [-0.4, -0.2) is 15.8 Å². The summed E-state index contributed by atoms with van der Waals surface area (Å²) in [4.78, 5) is 20.6. The molecule has 0 atom stereocenters. The van der Waals surface area contributed by atoms with Gasteiger partial charge in [-0.05, 0) is 18.9 Å². The molecule has 18 heavy (non-hydrogen) atoms. The predicted molar refractivity (Wildman–Crippen MR) is 72.4 cm³/mol. The number of hydrogen-bond donors (Lipinski definition) is 0. The number of aromatic nitrogens is 2. The SMILES string of the molecule is O=C1CCCc2nc(-c3ccccc3Br)ncc21. The van der Waals surface area contributed by atoms with E-state index in [1.165, 1.54) is 0 Å². The fourth-order valence-electron chi connectivity index (χ4n) is 2.16. The molecule has 3 nitrogen and oxygen atoms in total. The topological polar surface area (TPSA) is 42.9 Å². The number of nitrogens with zero attached hydrogens (tertiary/aromatic N) is 2. The van der Waals surface area contributed by atoms with Gasteiger partial charge in [-0.25, -0.2) is 9.97 Å². The third kappa shape index (κ3) is 1.97. The minimum atomic E-state index is 0.162. The molecule has 2 aromatic rings. The van der Waals surface area contributed by atoms with Gasteiger partial charge in [0.25, 0.3) is 0 Å². The van der Waals surface area contributed by atoms with Gasteiger partial charge >= 0.3 is 0 Å². The van der Waals surface area contributed by atoms with E-state index in [2.05, 4.69) is 25.9 Å². The van der Waals surface area contributed by atoms with Crippen molar-refractivity contribution in [3.8, 4) is 11.4 Å². The molecule has 0 amide bonds. The number of hydrogen-bond acceptors (Lipinski definition) is 3. The average molecular weight is 303 g/mol. The molecule has 1 heterocycles. The first-order valence-corrected chi connectivity index (χ1v) is 6.69. The van der Waals surface area contributed by atoms with Crippen molar-refractivity contribution < 1.29 is 4.79 Å². The zero-order valence-corrected chi connectivity index (χ0v) is 11.3. The van der Waals surface area contributed by atoms with Crippen molar-refractivity contribution in [1.29, 1.82) is 0 Å². The molecule has 0 unspecified atom stereocenters. The number of fused-ring (bicyclic) bond motifs is 1. The van der Waals surface area contributed by atoms with Crippen molar-refractivity contribution in [2.24, 2.45) is 0 Å². The summed E-state index contributed by atoms with van der Waals surface area (Å²) >= 11 is 3.49. The molecule has 90 valence electrons. The molecule has 0 fully saturated rings. The van der Waals surface area contributed by atoms with Gasteiger partial charge in [0.05, 0.1) is 11.3 Å². The fourth-order valence-corrected chi connectivity index (χ4v) is 2.63. The standard InChI is InChI=1S/C14H11BrN2O/c15-11-5-2-1-4-9(11)14-16-8-10-12(17-14)6-3-7-13(10)18/h1-2,4-5,8H,3,6-7H2. The van der Waals surface area contributed by atoms with Crippen LogP contribution in [0.5, 0.6) is 0 Å². The molecule has 0 aliphatic heterocycles. The molecule has 0 N–H and O–H groups in total. The Morgan fingerprint density at radius 1 is 1.11 bits per heavy atom. The Balaban J connectivity index is 2.10. The van der Waals surface area contributed by atoms with E-state index in [1.807, 2.05) is 24.3 Å². The molecule has 1 aliphatic rings. The lowest BCUT2D eigenvalue weighted by molar-refractivity contribution is 0.0971. The highest BCUT2D eigenvalue weighted by Crippen LogP contribution is 2.27. The molecule has 0 radical (unpaired) electrons. The monoisotopic (exact) mass is 302 g/mol. The fraction of sp³-hybridized carbons (Fsp3) is 0.214. The van der Waals surface area contributed by atoms with E-state index in [9.17, 15) is 4.79 Å². The molecule has 0 saturated carbocycles. The minimum absolute atomic E-state index is 0.162. The summed E-state index contributed by atoms with van der Waals surface area (Å²) in [6.45, 7) is 0. The zero-order valence-electron chi connectivity index (χ0n) is 9.69. The van der Waals surface area contributed by atoms with Crippen LogP contribution < -0.4 is 0 Å². The Morgan fingerprint density at radius 2 is 1.94 bits per heavy atom. The van der Waals surface area contributed by atoms with Crippen molar-refractivity contribution in [3.63, 3.8) is 0 Å². The summed E-state index contributed by atoms with van der Waals surface area (Å²) in [5, 5.41) is 0. The van der Waals surface area contributed by atoms with E-state index in [0.29, 0.717) is 17.8 Å². The molecule has 4 heteroatoms. The lowest BCUT2D eigenvalue weighted by Crippen LogP contribution is -2.13. The first-order chi connectivity index (χ1) is 8.75. The number of rotatable bonds is 1. The van der Waals surface area contributed by atoms with E-state index >= 15 is 0 Å². The van der Waals surface area contributed by atoms with E-state index in [0.717, 1.165) is 28.6 Å². The van der Waals surface area contributed by atoms with Crippen molar-refractivity contribution in [1.82, 2.24) is 9.97 Å². The maximum Gasteiger partial charge on any atom is 0.166 e. The van der Waals surface area contributed by atoms with Crippen LogP contribution in [0.15, 0.2) is 34.9 Å². The Hall–Kier alpha value is -1.55. The highest BCUT2D eigenvalue weighted by Gasteiger charge is 2.19. The number of aryl methyl sites for hydroxylation is 1. The molecule has 3 rings (SSSR count). The molecular formula is C14H11BrN2O. The second-order valence-corrected chi connectivity index (χ2v) is 5.16. The zero-order chi connectivity index (χ0) is 12.5. The number of carbonyl (C=O) groups excluding carboxylic acids is 1. The van der Waals surface area contributed by atoms with Gasteiger partial charge in [-0.1, -0.05) is 34.1 Å². The second kappa shape index (κ2) is 4.61. The van der Waals surface area contributed by atoms with Crippen LogP contribution in [-0.2, 0) is 6.42 Å². The van der Waals surface area contributed by atoms with Crippen LogP contribution in [0, 0.1) is 0 Å². The third-order valence-corrected chi connectivity index (χ3v) is 3.79. The number of benzene rings is 1. The molecule has 1 aromatic carbocycles. The predicted octanol–water partition coefficient (Wildman–Crippen LogP) is 3.43. The van der Waals surface area contributed by atoms with Crippen LogP contribution in [0.3, 0.4) is 0 Å². The summed E-state index contributed by atoms with van der Waals surface area (Å²) in [5.41, 5.74) is 2.53. The van der Waals surface area contributed by atoms with E-state index in [4.69, 9.17) is 0 Å². The van der Waals surface area contributed by atoms with Gasteiger partial charge < -0.3 is 0 Å². The summed E-state index contributed by atoms with van der Waals surface area (Å²) in [6.07, 6.45) is 4.03. The number of ketones is 1. The van der Waals surface area contributed by atoms with Crippen LogP contribution in [0.2, 0.25) is 0 Å². The van der Waals surface area contributed by atoms with Gasteiger partial charge in [0, 0.05) is 22.7 Å². The van der Waals surface area contributed by atoms with E-state index < -0.39 is 0 Å². The van der Waals surface area contributed by atoms with Crippen LogP contribution in [0.1, 0.15) is 28.9 Å². The highest BCUT2D eigenvalue weighted by atomic mass is 79.9. The van der Waals surface area contributed by atoms with Gasteiger partial charge in [-0.15, -0.1) is 0 Å². The first kappa shape index (κ1) is 11.5. The van der Waals surface area contributed by atoms with Crippen LogP contribution in [0.25, 0.3) is 11.4 Å². The summed E-state index contributed by atoms with van der Waals surface area (Å²) in [6, 6.07) is 7.84. The Bertz CT molecular complexity index is 625. The third-order valence-electron chi connectivity index (χ3n) is 3.10. The van der Waals surface area contributed by atoms with Crippen molar-refractivity contribution in [3.05, 3.63) is 46.2 Å². The van der Waals surface area contributed by atoms with E-state index in [-0.39, 0.29) is 5.78 Å². The van der Waals surface area contributed by atoms with Gasteiger partial charge in [0.2, 0.25) is 0 Å². The molecule has 0 spiro atoms. The number of Topliss-reactive ketones (excluding diaryl/α,β-unsaturated/α-hetero) is 1. The maximum absolute atomic E-state index is 11.7. The largest absolute Gasteiger partial charge is 0.294 e. The molecule has 1 aromatic heterocycles. The Morgan fingerprint density at radius 3 is 2.78 bits per heavy atom. The summed E-state index contributed by atoms with van der Waals surface area (Å²) < 4.78 is 0.965. The molecular weight excluding hydrogens is 292 g/mol. The summed E-state index contributed by atoms with van der Waals surface area (Å²) in [7, 11) is 0. The quantitative estimate of drug-likeness (QED) is 0.810. The van der Waals surface area contributed by atoms with Crippen molar-refractivity contribution in [2.45, 2.75) is 19.3 Å². The maximum atomic E-state index is 11.7. The summed E-state index contributed by atoms with van der Waals surface area (Å²) in [5.74, 6) is 0.839. The normalized spacial score (nSPS) is 14.4. The Kier molecular flexibility index (Phi) is 2.96. The highest BCUT2D eigenvalue weighted by molar-refractivity contribution is 9.10. The lowest BCUT2D eigenvalue weighted by Gasteiger charge is -2.14. The van der Waals surface area contributed by atoms with Crippen LogP contribution >= 0.6 is 15.9 Å². The van der Waals surface area contributed by atoms with E-state index in [1.54, 1.807) is 6.20 Å². The molecule has 1 aliphatic carbocycles. The van der Waals surface area contributed by atoms with Gasteiger partial charge in [-0.2, -0.15) is 0 Å². The van der Waals surface area contributed by atoms with Crippen LogP contribution in [0.4, 0.5) is 0 Å². The van der Waals surface area contributed by atoms with Gasteiger partial charge in [-0.3, -0.25) is 4.79 Å². The second-order valence-electron chi connectivity index (χ2n) is 4.31.